The summed E-state index contributed by atoms with van der Waals surface area (Å²) in [4.78, 5) is 48.3. The van der Waals surface area contributed by atoms with E-state index in [1.165, 1.54) is 49.0 Å². The van der Waals surface area contributed by atoms with Crippen molar-refractivity contribution in [2.24, 2.45) is 23.7 Å². The van der Waals surface area contributed by atoms with E-state index >= 15 is 0 Å². The van der Waals surface area contributed by atoms with Crippen molar-refractivity contribution < 1.29 is 32.7 Å². The zero-order valence-corrected chi connectivity index (χ0v) is 28.2. The van der Waals surface area contributed by atoms with Gasteiger partial charge >= 0.3 is 12.1 Å². The number of nitrogens with one attached hydrogen (secondary N) is 1. The molecule has 2 amide bonds. The summed E-state index contributed by atoms with van der Waals surface area (Å²) < 4.78 is 39.0. The van der Waals surface area contributed by atoms with E-state index in [1.54, 1.807) is 0 Å². The van der Waals surface area contributed by atoms with Gasteiger partial charge in [-0.05, 0) is 85.3 Å². The number of likely N-dealkylation sites (tertiary alicyclic amines) is 1. The second-order valence-corrected chi connectivity index (χ2v) is 14.0. The Hall–Kier alpha value is -4.54. The Morgan fingerprint density at radius 3 is 2.12 bits per heavy atom. The first-order valence-corrected chi connectivity index (χ1v) is 17.6. The number of amides is 2. The van der Waals surface area contributed by atoms with Gasteiger partial charge in [0.1, 0.15) is 6.04 Å². The summed E-state index contributed by atoms with van der Waals surface area (Å²) in [5, 5.41) is 11.9. The number of carbonyl (C=O) groups excluding carboxylic acids is 2. The van der Waals surface area contributed by atoms with Crippen LogP contribution in [0.2, 0.25) is 0 Å². The number of hydrogen-bond donors (Lipinski definition) is 2. The zero-order chi connectivity index (χ0) is 35.4. The molecule has 2 fully saturated rings. The molecule has 2 heterocycles. The van der Waals surface area contributed by atoms with Crippen LogP contribution in [0.4, 0.5) is 13.2 Å². The van der Waals surface area contributed by atoms with Crippen molar-refractivity contribution in [3.63, 3.8) is 0 Å². The summed E-state index contributed by atoms with van der Waals surface area (Å²) in [6.07, 6.45) is 11.8. The molecule has 1 unspecified atom stereocenters. The Balaban J connectivity index is 1.09. The number of halogens is 3. The van der Waals surface area contributed by atoms with Crippen LogP contribution in [0.5, 0.6) is 0 Å². The Bertz CT molecular complexity index is 1690. The van der Waals surface area contributed by atoms with Crippen LogP contribution in [0, 0.1) is 23.7 Å². The molecule has 1 aromatic heterocycles. The van der Waals surface area contributed by atoms with Crippen molar-refractivity contribution >= 4 is 23.4 Å². The molecule has 2 atom stereocenters. The van der Waals surface area contributed by atoms with Gasteiger partial charge in [0.25, 0.3) is 5.91 Å². The van der Waals surface area contributed by atoms with Gasteiger partial charge in [0.2, 0.25) is 5.91 Å². The molecule has 6 rings (SSSR count). The SMILES string of the molecule is CCC1CCC(C2CC=C(c3cnc(-c4ccc(C[C@H](NC(=O)c5ccc(C(F)(F)F)cc5)C(=O)N5CC(C(=O)O)C5)cc4)nc3)CC2)CC1. The number of alkyl halides is 3. The van der Waals surface area contributed by atoms with Crippen molar-refractivity contribution in [3.05, 3.63) is 89.3 Å². The third-order valence-electron chi connectivity index (χ3n) is 10.9. The highest BCUT2D eigenvalue weighted by Crippen LogP contribution is 2.41. The van der Waals surface area contributed by atoms with E-state index in [0.717, 1.165) is 71.6 Å². The summed E-state index contributed by atoms with van der Waals surface area (Å²) in [7, 11) is 0. The van der Waals surface area contributed by atoms with Crippen molar-refractivity contribution in [2.75, 3.05) is 13.1 Å². The maximum Gasteiger partial charge on any atom is 0.416 e. The molecule has 264 valence electrons. The van der Waals surface area contributed by atoms with Gasteiger partial charge in [0.15, 0.2) is 5.82 Å². The first-order valence-electron chi connectivity index (χ1n) is 17.6. The molecule has 1 saturated carbocycles. The average Bonchev–Trinajstić information content (AvgIpc) is 3.10. The number of aromatic nitrogens is 2. The van der Waals surface area contributed by atoms with Gasteiger partial charge in [-0.1, -0.05) is 56.5 Å². The molecule has 2 aromatic carbocycles. The van der Waals surface area contributed by atoms with Crippen molar-refractivity contribution in [3.8, 4) is 11.4 Å². The van der Waals surface area contributed by atoms with Crippen LogP contribution in [-0.4, -0.2) is 56.9 Å². The normalized spacial score (nSPS) is 21.9. The number of carboxylic acids is 1. The second-order valence-electron chi connectivity index (χ2n) is 14.0. The van der Waals surface area contributed by atoms with Crippen LogP contribution in [0.1, 0.15) is 85.3 Å². The van der Waals surface area contributed by atoms with Crippen LogP contribution in [0.25, 0.3) is 17.0 Å². The van der Waals surface area contributed by atoms with E-state index in [-0.39, 0.29) is 25.1 Å². The summed E-state index contributed by atoms with van der Waals surface area (Å²) in [6, 6.07) is 9.98. The molecule has 50 heavy (non-hydrogen) atoms. The Morgan fingerprint density at radius 1 is 0.900 bits per heavy atom. The number of aliphatic carboxylic acids is 1. The fourth-order valence-corrected chi connectivity index (χ4v) is 7.57. The fraction of sp³-hybridized carbons (Fsp3) is 0.462. The van der Waals surface area contributed by atoms with Crippen LogP contribution in [0.15, 0.2) is 67.0 Å². The largest absolute Gasteiger partial charge is 0.481 e. The van der Waals surface area contributed by atoms with E-state index in [9.17, 15) is 32.7 Å². The smallest absolute Gasteiger partial charge is 0.416 e. The summed E-state index contributed by atoms with van der Waals surface area (Å²) >= 11 is 0. The van der Waals surface area contributed by atoms with Gasteiger partial charge in [-0.25, -0.2) is 9.97 Å². The minimum absolute atomic E-state index is 0.0184. The van der Waals surface area contributed by atoms with Crippen LogP contribution in [-0.2, 0) is 22.2 Å². The lowest BCUT2D eigenvalue weighted by atomic mass is 9.71. The van der Waals surface area contributed by atoms with Gasteiger partial charge in [-0.3, -0.25) is 14.4 Å². The number of allylic oxidation sites excluding steroid dienone is 2. The molecular weight excluding hydrogens is 645 g/mol. The zero-order valence-electron chi connectivity index (χ0n) is 28.2. The maximum atomic E-state index is 13.4. The highest BCUT2D eigenvalue weighted by molar-refractivity contribution is 5.98. The molecule has 1 saturated heterocycles. The molecular formula is C39H43F3N4O4. The van der Waals surface area contributed by atoms with Crippen molar-refractivity contribution in [2.45, 2.75) is 76.9 Å². The number of rotatable bonds is 10. The highest BCUT2D eigenvalue weighted by atomic mass is 19.4. The minimum atomic E-state index is -4.55. The molecule has 1 aliphatic heterocycles. The predicted molar refractivity (Wildman–Crippen MR) is 183 cm³/mol. The number of hydrogen-bond acceptors (Lipinski definition) is 5. The molecule has 2 N–H and O–H groups in total. The summed E-state index contributed by atoms with van der Waals surface area (Å²) in [5.74, 6) is 0.239. The molecule has 2 aliphatic carbocycles. The molecule has 3 aromatic rings. The number of carboxylic acid groups (broad SMARTS) is 1. The third-order valence-corrected chi connectivity index (χ3v) is 10.9. The van der Waals surface area contributed by atoms with E-state index in [4.69, 9.17) is 0 Å². The molecule has 11 heteroatoms. The van der Waals surface area contributed by atoms with Gasteiger partial charge in [-0.2, -0.15) is 13.2 Å². The Kier molecular flexibility index (Phi) is 10.7. The lowest BCUT2D eigenvalue weighted by Gasteiger charge is -2.39. The molecule has 0 radical (unpaired) electrons. The van der Waals surface area contributed by atoms with Gasteiger partial charge in [0, 0.05) is 48.6 Å². The maximum absolute atomic E-state index is 13.4. The monoisotopic (exact) mass is 688 g/mol. The summed E-state index contributed by atoms with van der Waals surface area (Å²) in [6.45, 7) is 2.34. The first kappa shape index (κ1) is 35.3. The molecule has 3 aliphatic rings. The average molecular weight is 689 g/mol. The van der Waals surface area contributed by atoms with E-state index in [1.807, 2.05) is 36.7 Å². The minimum Gasteiger partial charge on any atom is -0.481 e. The third kappa shape index (κ3) is 8.25. The topological polar surface area (TPSA) is 112 Å². The van der Waals surface area contributed by atoms with Crippen LogP contribution in [0.3, 0.4) is 0 Å². The summed E-state index contributed by atoms with van der Waals surface area (Å²) in [5.41, 5.74) is 2.93. The first-order chi connectivity index (χ1) is 24.0. The quantitative estimate of drug-likeness (QED) is 0.229. The number of benzene rings is 2. The van der Waals surface area contributed by atoms with Crippen LogP contribution < -0.4 is 5.32 Å². The van der Waals surface area contributed by atoms with E-state index in [2.05, 4.69) is 28.3 Å². The Labute approximate surface area is 290 Å². The standard InChI is InChI=1S/C39H43F3N4O4/c1-2-24-3-7-26(8-4-24)27-11-13-28(14-12-27)31-20-43-35(44-21-31)29-9-5-25(6-10-29)19-34(37(48)46-22-32(23-46)38(49)50)45-36(47)30-15-17-33(18-16-30)39(40,41)42/h5-6,9-10,13,15-18,20-21,24,26-27,32,34H,2-4,7-8,11-12,14,19,22-23H2,1H3,(H,45,47)(H,49,50)/t24?,26?,27?,34-/m0/s1. The molecule has 0 bridgehead atoms. The number of carbonyl (C=O) groups is 3. The lowest BCUT2D eigenvalue weighted by Crippen LogP contribution is -2.59. The van der Waals surface area contributed by atoms with E-state index in [0.29, 0.717) is 5.82 Å². The van der Waals surface area contributed by atoms with Crippen molar-refractivity contribution in [1.82, 2.24) is 20.2 Å². The fourth-order valence-electron chi connectivity index (χ4n) is 7.57. The lowest BCUT2D eigenvalue weighted by molar-refractivity contribution is -0.153. The van der Waals surface area contributed by atoms with Crippen molar-refractivity contribution in [1.29, 1.82) is 0 Å². The predicted octanol–water partition coefficient (Wildman–Crippen LogP) is 7.45. The number of nitrogens with zero attached hydrogens (tertiary/aromatic N) is 3. The molecule has 0 spiro atoms. The second kappa shape index (κ2) is 15.1. The van der Waals surface area contributed by atoms with E-state index < -0.39 is 41.5 Å². The molecule has 8 nitrogen and oxygen atoms in total. The highest BCUT2D eigenvalue weighted by Gasteiger charge is 2.39. The van der Waals surface area contributed by atoms with Gasteiger partial charge in [-0.15, -0.1) is 0 Å². The van der Waals surface area contributed by atoms with Crippen LogP contribution >= 0.6 is 0 Å². The Morgan fingerprint density at radius 2 is 1.56 bits per heavy atom. The van der Waals surface area contributed by atoms with Gasteiger partial charge in [0.05, 0.1) is 11.5 Å². The van der Waals surface area contributed by atoms with Gasteiger partial charge < -0.3 is 15.3 Å².